The summed E-state index contributed by atoms with van der Waals surface area (Å²) in [4.78, 5) is 22.9. The highest BCUT2D eigenvalue weighted by molar-refractivity contribution is 6.05. The number of primary amides is 1. The standard InChI is InChI=1S/C12H12N4O3/c1-7-6-10(16-19-7)15-12(18)14-9-5-3-2-4-8(9)11(13)17/h2-6H,1H3,(H2,13,17)(H2,14,15,16,18). The Labute approximate surface area is 108 Å². The van der Waals surface area contributed by atoms with Gasteiger partial charge in [0.25, 0.3) is 5.91 Å². The lowest BCUT2D eigenvalue weighted by Crippen LogP contribution is -2.22. The number of para-hydroxylation sites is 1. The van der Waals surface area contributed by atoms with Crippen molar-refractivity contribution >= 4 is 23.4 Å². The van der Waals surface area contributed by atoms with E-state index < -0.39 is 11.9 Å². The lowest BCUT2D eigenvalue weighted by Gasteiger charge is -2.08. The molecule has 0 fully saturated rings. The normalized spacial score (nSPS) is 9.95. The maximum atomic E-state index is 11.7. The van der Waals surface area contributed by atoms with Crippen LogP contribution < -0.4 is 16.4 Å². The van der Waals surface area contributed by atoms with Gasteiger partial charge in [0, 0.05) is 6.07 Å². The average molecular weight is 260 g/mol. The molecule has 98 valence electrons. The van der Waals surface area contributed by atoms with Crippen molar-refractivity contribution in [3.8, 4) is 0 Å². The first-order valence-corrected chi connectivity index (χ1v) is 5.46. The number of carbonyl (C=O) groups excluding carboxylic acids is 2. The molecule has 7 nitrogen and oxygen atoms in total. The van der Waals surface area contributed by atoms with Crippen molar-refractivity contribution < 1.29 is 14.1 Å². The lowest BCUT2D eigenvalue weighted by atomic mass is 10.1. The Morgan fingerprint density at radius 1 is 1.26 bits per heavy atom. The van der Waals surface area contributed by atoms with Gasteiger partial charge in [-0.25, -0.2) is 4.79 Å². The number of amides is 3. The van der Waals surface area contributed by atoms with Gasteiger partial charge in [-0.3, -0.25) is 10.1 Å². The van der Waals surface area contributed by atoms with Crippen LogP contribution in [0.25, 0.3) is 0 Å². The molecule has 1 aromatic heterocycles. The second-order valence-electron chi connectivity index (χ2n) is 3.81. The zero-order valence-electron chi connectivity index (χ0n) is 10.1. The number of aromatic nitrogens is 1. The van der Waals surface area contributed by atoms with Crippen LogP contribution in [0.1, 0.15) is 16.1 Å². The number of urea groups is 1. The van der Waals surface area contributed by atoms with Crippen LogP contribution in [0.4, 0.5) is 16.3 Å². The van der Waals surface area contributed by atoms with Crippen molar-refractivity contribution in [1.29, 1.82) is 0 Å². The second kappa shape index (κ2) is 5.21. The minimum atomic E-state index is -0.617. The first-order valence-electron chi connectivity index (χ1n) is 5.46. The van der Waals surface area contributed by atoms with Crippen LogP contribution in [-0.2, 0) is 0 Å². The van der Waals surface area contributed by atoms with E-state index in [1.54, 1.807) is 31.2 Å². The van der Waals surface area contributed by atoms with Crippen molar-refractivity contribution in [1.82, 2.24) is 5.16 Å². The molecule has 0 radical (unpaired) electrons. The van der Waals surface area contributed by atoms with Crippen molar-refractivity contribution in [2.75, 3.05) is 10.6 Å². The van der Waals surface area contributed by atoms with Gasteiger partial charge in [-0.05, 0) is 19.1 Å². The highest BCUT2D eigenvalue weighted by atomic mass is 16.5. The summed E-state index contributed by atoms with van der Waals surface area (Å²) in [6.45, 7) is 1.71. The summed E-state index contributed by atoms with van der Waals surface area (Å²) in [5.41, 5.74) is 5.77. The molecule has 0 bridgehead atoms. The van der Waals surface area contributed by atoms with Crippen molar-refractivity contribution in [3.63, 3.8) is 0 Å². The predicted octanol–water partition coefficient (Wildman–Crippen LogP) is 1.73. The van der Waals surface area contributed by atoms with Crippen molar-refractivity contribution in [3.05, 3.63) is 41.7 Å². The van der Waals surface area contributed by atoms with Gasteiger partial charge in [0.2, 0.25) is 0 Å². The molecule has 7 heteroatoms. The molecule has 0 aliphatic rings. The fraction of sp³-hybridized carbons (Fsp3) is 0.0833. The van der Waals surface area contributed by atoms with E-state index in [1.165, 1.54) is 6.07 Å². The molecule has 19 heavy (non-hydrogen) atoms. The zero-order chi connectivity index (χ0) is 13.8. The van der Waals surface area contributed by atoms with E-state index >= 15 is 0 Å². The first-order chi connectivity index (χ1) is 9.06. The lowest BCUT2D eigenvalue weighted by molar-refractivity contribution is 0.100. The summed E-state index contributed by atoms with van der Waals surface area (Å²) in [5.74, 6) is 0.243. The first kappa shape index (κ1) is 12.6. The monoisotopic (exact) mass is 260 g/mol. The zero-order valence-corrected chi connectivity index (χ0v) is 10.1. The van der Waals surface area contributed by atoms with Gasteiger partial charge in [-0.1, -0.05) is 17.3 Å². The number of rotatable bonds is 3. The van der Waals surface area contributed by atoms with Crippen LogP contribution in [-0.4, -0.2) is 17.1 Å². The van der Waals surface area contributed by atoms with Crippen molar-refractivity contribution in [2.45, 2.75) is 6.92 Å². The summed E-state index contributed by atoms with van der Waals surface area (Å²) >= 11 is 0. The van der Waals surface area contributed by atoms with Gasteiger partial charge < -0.3 is 15.6 Å². The van der Waals surface area contributed by atoms with E-state index in [-0.39, 0.29) is 11.4 Å². The average Bonchev–Trinajstić information content (AvgIpc) is 2.75. The topological polar surface area (TPSA) is 110 Å². The minimum Gasteiger partial charge on any atom is -0.366 e. The van der Waals surface area contributed by atoms with E-state index in [0.29, 0.717) is 11.4 Å². The molecule has 0 saturated carbocycles. The quantitative estimate of drug-likeness (QED) is 0.780. The van der Waals surface area contributed by atoms with Crippen LogP contribution in [0.5, 0.6) is 0 Å². The Kier molecular flexibility index (Phi) is 3.46. The van der Waals surface area contributed by atoms with Gasteiger partial charge in [0.15, 0.2) is 5.82 Å². The molecule has 0 unspecified atom stereocenters. The van der Waals surface area contributed by atoms with Crippen LogP contribution in [0, 0.1) is 6.92 Å². The summed E-state index contributed by atoms with van der Waals surface area (Å²) in [7, 11) is 0. The molecule has 0 atom stereocenters. The van der Waals surface area contributed by atoms with Crippen LogP contribution >= 0.6 is 0 Å². The third-order valence-corrected chi connectivity index (χ3v) is 2.31. The number of nitrogens with zero attached hydrogens (tertiary/aromatic N) is 1. The number of benzene rings is 1. The van der Waals surface area contributed by atoms with Gasteiger partial charge >= 0.3 is 6.03 Å². The second-order valence-corrected chi connectivity index (χ2v) is 3.81. The Morgan fingerprint density at radius 3 is 2.63 bits per heavy atom. The summed E-state index contributed by atoms with van der Waals surface area (Å²) in [6, 6.07) is 7.47. The summed E-state index contributed by atoms with van der Waals surface area (Å²) in [5, 5.41) is 8.60. The smallest absolute Gasteiger partial charge is 0.324 e. The number of hydrogen-bond acceptors (Lipinski definition) is 4. The number of carbonyl (C=O) groups is 2. The molecular weight excluding hydrogens is 248 g/mol. The van der Waals surface area contributed by atoms with Gasteiger partial charge in [-0.15, -0.1) is 0 Å². The fourth-order valence-electron chi connectivity index (χ4n) is 1.50. The van der Waals surface area contributed by atoms with Crippen LogP contribution in [0.3, 0.4) is 0 Å². The molecule has 0 aliphatic carbocycles. The largest absolute Gasteiger partial charge is 0.366 e. The highest BCUT2D eigenvalue weighted by Gasteiger charge is 2.11. The predicted molar refractivity (Wildman–Crippen MR) is 68.8 cm³/mol. The summed E-state index contributed by atoms with van der Waals surface area (Å²) in [6.07, 6.45) is 0. The molecule has 0 saturated heterocycles. The molecule has 0 aliphatic heterocycles. The third-order valence-electron chi connectivity index (χ3n) is 2.31. The number of anilines is 2. The fourth-order valence-corrected chi connectivity index (χ4v) is 1.50. The van der Waals surface area contributed by atoms with Crippen LogP contribution in [0.15, 0.2) is 34.9 Å². The highest BCUT2D eigenvalue weighted by Crippen LogP contribution is 2.15. The number of aryl methyl sites for hydroxylation is 1. The van der Waals surface area contributed by atoms with E-state index in [2.05, 4.69) is 15.8 Å². The molecule has 2 aromatic rings. The molecular formula is C12H12N4O3. The van der Waals surface area contributed by atoms with Crippen LogP contribution in [0.2, 0.25) is 0 Å². The molecule has 0 spiro atoms. The third kappa shape index (κ3) is 3.09. The minimum absolute atomic E-state index is 0.231. The van der Waals surface area contributed by atoms with Crippen molar-refractivity contribution in [2.24, 2.45) is 5.73 Å². The van der Waals surface area contributed by atoms with E-state index in [4.69, 9.17) is 10.3 Å². The molecule has 1 aromatic carbocycles. The molecule has 4 N–H and O–H groups in total. The maximum Gasteiger partial charge on any atom is 0.324 e. The summed E-state index contributed by atoms with van der Waals surface area (Å²) < 4.78 is 4.81. The maximum absolute atomic E-state index is 11.7. The van der Waals surface area contributed by atoms with E-state index in [1.807, 2.05) is 0 Å². The van der Waals surface area contributed by atoms with Gasteiger partial charge in [-0.2, -0.15) is 0 Å². The Morgan fingerprint density at radius 2 is 2.00 bits per heavy atom. The Balaban J connectivity index is 2.09. The van der Waals surface area contributed by atoms with E-state index in [0.717, 1.165) is 0 Å². The Hall–Kier alpha value is -2.83. The Bertz CT molecular complexity index is 621. The molecule has 1 heterocycles. The van der Waals surface area contributed by atoms with Gasteiger partial charge in [0.05, 0.1) is 11.3 Å². The molecule has 2 rings (SSSR count). The number of nitrogens with two attached hydrogens (primary N) is 1. The SMILES string of the molecule is Cc1cc(NC(=O)Nc2ccccc2C(N)=O)no1. The number of hydrogen-bond donors (Lipinski definition) is 3. The molecule has 3 amide bonds. The van der Waals surface area contributed by atoms with Gasteiger partial charge in [0.1, 0.15) is 5.76 Å². The van der Waals surface area contributed by atoms with E-state index in [9.17, 15) is 9.59 Å². The number of nitrogens with one attached hydrogen (secondary N) is 2.